The van der Waals surface area contributed by atoms with Crippen LogP contribution in [0, 0.1) is 0 Å². The molecule has 5 heteroatoms. The average Bonchev–Trinajstić information content (AvgIpc) is 3.75. The number of hydrogen-bond acceptors (Lipinski definition) is 3. The molecule has 9 aromatic rings. The zero-order chi connectivity index (χ0) is 40.2. The monoisotopic (exact) mass is 778 g/mol. The Labute approximate surface area is 348 Å². The van der Waals surface area contributed by atoms with Crippen LogP contribution in [0.25, 0.3) is 28.5 Å². The molecule has 0 saturated carbocycles. The van der Waals surface area contributed by atoms with Gasteiger partial charge in [-0.25, -0.2) is 0 Å². The summed E-state index contributed by atoms with van der Waals surface area (Å²) < 4.78 is 2.18. The van der Waals surface area contributed by atoms with Crippen LogP contribution in [0.1, 0.15) is 26.3 Å². The molecule has 8 aromatic carbocycles. The third kappa shape index (κ3) is 7.22. The number of hydrogen-bond donors (Lipinski definition) is 0. The molecule has 9 rings (SSSR count). The smallest absolute Gasteiger partial charge is 0.179 e. The van der Waals surface area contributed by atoms with Crippen LogP contribution in [0.15, 0.2) is 224 Å². The number of anilines is 3. The Hall–Kier alpha value is -7.08. The minimum Gasteiger partial charge on any atom is -0.311 e. The highest BCUT2D eigenvalue weighted by Crippen LogP contribution is 2.34. The number of para-hydroxylation sites is 3. The van der Waals surface area contributed by atoms with Gasteiger partial charge in [0.15, 0.2) is 19.7 Å². The van der Waals surface area contributed by atoms with Crippen LogP contribution in [0.5, 0.6) is 0 Å². The lowest BCUT2D eigenvalue weighted by Gasteiger charge is -2.35. The van der Waals surface area contributed by atoms with Crippen molar-refractivity contribution in [2.24, 2.45) is 0 Å². The van der Waals surface area contributed by atoms with Gasteiger partial charge in [0.2, 0.25) is 0 Å². The fourth-order valence-electron chi connectivity index (χ4n) is 8.31. The molecular formula is C54H46N4Si. The van der Waals surface area contributed by atoms with Crippen molar-refractivity contribution in [2.45, 2.75) is 26.2 Å². The van der Waals surface area contributed by atoms with E-state index in [1.807, 2.05) is 6.07 Å². The summed E-state index contributed by atoms with van der Waals surface area (Å²) in [4.78, 5) is 2.32. The first-order valence-electron chi connectivity index (χ1n) is 20.3. The maximum atomic E-state index is 4.87. The Morgan fingerprint density at radius 3 is 1.14 bits per heavy atom. The quantitative estimate of drug-likeness (QED) is 0.102. The van der Waals surface area contributed by atoms with Crippen LogP contribution in [0.2, 0.25) is 0 Å². The van der Waals surface area contributed by atoms with Crippen molar-refractivity contribution in [1.82, 2.24) is 14.8 Å². The Balaban J connectivity index is 1.19. The largest absolute Gasteiger partial charge is 0.311 e. The topological polar surface area (TPSA) is 34.0 Å². The molecule has 0 saturated heterocycles. The molecule has 0 aliphatic carbocycles. The summed E-state index contributed by atoms with van der Waals surface area (Å²) in [5, 5.41) is 14.9. The Morgan fingerprint density at radius 2 is 0.712 bits per heavy atom. The molecule has 1 heterocycles. The molecule has 0 aliphatic heterocycles. The molecule has 0 spiro atoms. The summed E-state index contributed by atoms with van der Waals surface area (Å²) in [6, 6.07) is 80.9. The normalized spacial score (nSPS) is 11.6. The predicted octanol–water partition coefficient (Wildman–Crippen LogP) is 10.7. The third-order valence-corrected chi connectivity index (χ3v) is 16.1. The van der Waals surface area contributed by atoms with Gasteiger partial charge in [0.1, 0.15) is 0 Å². The number of benzene rings is 8. The first-order chi connectivity index (χ1) is 28.9. The van der Waals surface area contributed by atoms with Gasteiger partial charge in [0.05, 0.1) is 0 Å². The fraction of sp³-hybridized carbons (Fsp3) is 0.0741. The predicted molar refractivity (Wildman–Crippen MR) is 249 cm³/mol. The summed E-state index contributed by atoms with van der Waals surface area (Å²) in [5.41, 5.74) is 7.73. The standard InChI is InChI=1S/C54H46N4Si/c1-54(2,3)43-33-29-41(30-34-43)52-55-56-53(58(52)46-23-13-6-14-24-46)42-31-37-50(38-32-42)59(48-25-15-7-16-26-48,49-27-17-8-18-28-49)51-39-35-47(36-40-51)57(44-19-9-4-10-20-44)45-21-11-5-12-22-45/h4-40H,1-3H3. The van der Waals surface area contributed by atoms with Gasteiger partial charge in [-0.3, -0.25) is 4.57 Å². The molecule has 0 N–H and O–H groups in total. The molecule has 286 valence electrons. The van der Waals surface area contributed by atoms with Gasteiger partial charge in [-0.15, -0.1) is 10.2 Å². The lowest BCUT2D eigenvalue weighted by Crippen LogP contribution is -2.74. The van der Waals surface area contributed by atoms with Crippen LogP contribution in [0.3, 0.4) is 0 Å². The molecule has 0 unspecified atom stereocenters. The number of nitrogens with zero attached hydrogens (tertiary/aromatic N) is 4. The molecule has 0 aliphatic rings. The van der Waals surface area contributed by atoms with Crippen molar-refractivity contribution >= 4 is 45.9 Å². The molecule has 0 atom stereocenters. The van der Waals surface area contributed by atoms with Crippen molar-refractivity contribution in [3.8, 4) is 28.5 Å². The molecule has 1 aromatic heterocycles. The van der Waals surface area contributed by atoms with Gasteiger partial charge in [0.25, 0.3) is 0 Å². The number of aromatic nitrogens is 3. The zero-order valence-corrected chi connectivity index (χ0v) is 34.7. The molecule has 0 fully saturated rings. The first kappa shape index (κ1) is 37.5. The summed E-state index contributed by atoms with van der Waals surface area (Å²) in [7, 11) is -2.85. The van der Waals surface area contributed by atoms with E-state index in [-0.39, 0.29) is 5.41 Å². The van der Waals surface area contributed by atoms with E-state index in [9.17, 15) is 0 Å². The molecular weight excluding hydrogens is 733 g/mol. The van der Waals surface area contributed by atoms with Crippen LogP contribution in [0.4, 0.5) is 17.1 Å². The van der Waals surface area contributed by atoms with Crippen LogP contribution >= 0.6 is 0 Å². The second kappa shape index (κ2) is 16.0. The van der Waals surface area contributed by atoms with Crippen LogP contribution in [-0.2, 0) is 5.41 Å². The van der Waals surface area contributed by atoms with E-state index in [2.05, 4.69) is 249 Å². The molecule has 4 nitrogen and oxygen atoms in total. The maximum absolute atomic E-state index is 4.87. The fourth-order valence-corrected chi connectivity index (χ4v) is 13.0. The van der Waals surface area contributed by atoms with Gasteiger partial charge in [-0.05, 0) is 80.3 Å². The van der Waals surface area contributed by atoms with Crippen molar-refractivity contribution in [1.29, 1.82) is 0 Å². The van der Waals surface area contributed by atoms with Gasteiger partial charge in [-0.2, -0.15) is 0 Å². The first-order valence-corrected chi connectivity index (χ1v) is 22.3. The highest BCUT2D eigenvalue weighted by atomic mass is 28.3. The van der Waals surface area contributed by atoms with Crippen LogP contribution in [-0.4, -0.2) is 22.8 Å². The molecule has 0 bridgehead atoms. The minimum atomic E-state index is -2.85. The summed E-state index contributed by atoms with van der Waals surface area (Å²) >= 11 is 0. The lowest BCUT2D eigenvalue weighted by atomic mass is 9.86. The van der Waals surface area contributed by atoms with Gasteiger partial charge in [0, 0.05) is 33.9 Å². The molecule has 0 radical (unpaired) electrons. The van der Waals surface area contributed by atoms with Crippen LogP contribution < -0.4 is 25.6 Å². The Kier molecular flexibility index (Phi) is 10.2. The van der Waals surface area contributed by atoms with E-state index in [0.29, 0.717) is 0 Å². The van der Waals surface area contributed by atoms with E-state index in [1.54, 1.807) is 0 Å². The van der Waals surface area contributed by atoms with Crippen molar-refractivity contribution in [2.75, 3.05) is 4.90 Å². The molecule has 59 heavy (non-hydrogen) atoms. The van der Waals surface area contributed by atoms with E-state index in [4.69, 9.17) is 10.2 Å². The minimum absolute atomic E-state index is 0.0588. The zero-order valence-electron chi connectivity index (χ0n) is 33.7. The van der Waals surface area contributed by atoms with Crippen molar-refractivity contribution in [3.63, 3.8) is 0 Å². The van der Waals surface area contributed by atoms with E-state index < -0.39 is 8.07 Å². The van der Waals surface area contributed by atoms with Gasteiger partial charge in [-0.1, -0.05) is 197 Å². The second-order valence-corrected chi connectivity index (χ2v) is 19.8. The summed E-state index contributed by atoms with van der Waals surface area (Å²) in [6.07, 6.45) is 0. The lowest BCUT2D eigenvalue weighted by molar-refractivity contribution is 0.590. The van der Waals surface area contributed by atoms with E-state index in [0.717, 1.165) is 45.5 Å². The average molecular weight is 779 g/mol. The van der Waals surface area contributed by atoms with Crippen molar-refractivity contribution < 1.29 is 0 Å². The summed E-state index contributed by atoms with van der Waals surface area (Å²) in [6.45, 7) is 6.72. The second-order valence-electron chi connectivity index (χ2n) is 16.0. The molecule has 0 amide bonds. The highest BCUT2D eigenvalue weighted by Gasteiger charge is 2.41. The van der Waals surface area contributed by atoms with Gasteiger partial charge >= 0.3 is 0 Å². The summed E-state index contributed by atoms with van der Waals surface area (Å²) in [5.74, 6) is 1.61. The third-order valence-electron chi connectivity index (χ3n) is 11.3. The SMILES string of the molecule is CC(C)(C)c1ccc(-c2nnc(-c3ccc([Si](c4ccccc4)(c4ccccc4)c4ccc(N(c5ccccc5)c5ccccc5)cc4)cc3)n2-c2ccccc2)cc1. The maximum Gasteiger partial charge on any atom is 0.179 e. The van der Waals surface area contributed by atoms with Gasteiger partial charge < -0.3 is 4.90 Å². The van der Waals surface area contributed by atoms with E-state index >= 15 is 0 Å². The Morgan fingerprint density at radius 1 is 0.373 bits per heavy atom. The highest BCUT2D eigenvalue weighted by molar-refractivity contribution is 7.19. The van der Waals surface area contributed by atoms with E-state index in [1.165, 1.54) is 26.3 Å². The number of rotatable bonds is 10. The Bertz CT molecular complexity index is 2670. The van der Waals surface area contributed by atoms with Crippen molar-refractivity contribution in [3.05, 3.63) is 230 Å².